The second-order valence-corrected chi connectivity index (χ2v) is 7.56. The Hall–Kier alpha value is -0.380. The van der Waals surface area contributed by atoms with Crippen molar-refractivity contribution in [3.8, 4) is 0 Å². The molecule has 3 rings (SSSR count). The van der Waals surface area contributed by atoms with Gasteiger partial charge in [0.25, 0.3) is 0 Å². The third kappa shape index (κ3) is 3.20. The van der Waals surface area contributed by atoms with E-state index in [4.69, 9.17) is 4.74 Å². The van der Waals surface area contributed by atoms with Gasteiger partial charge in [0, 0.05) is 11.1 Å². The summed E-state index contributed by atoms with van der Waals surface area (Å²) >= 11 is 3.64. The van der Waals surface area contributed by atoms with Crippen molar-refractivity contribution in [1.82, 2.24) is 0 Å². The summed E-state index contributed by atoms with van der Waals surface area (Å²) in [4.78, 5) is 0. The highest BCUT2D eigenvalue weighted by Gasteiger charge is 2.41. The number of aliphatic hydroxyl groups excluding tert-OH is 1. The van der Waals surface area contributed by atoms with Gasteiger partial charge in [0.2, 0.25) is 0 Å². The van der Waals surface area contributed by atoms with Gasteiger partial charge in [-0.1, -0.05) is 53.4 Å². The monoisotopic (exact) mass is 352 g/mol. The summed E-state index contributed by atoms with van der Waals surface area (Å²) in [6.07, 6.45) is 7.81. The predicted octanol–water partition coefficient (Wildman–Crippen LogP) is 4.92. The number of aryl methyl sites for hydroxylation is 1. The number of aliphatic hydroxyl groups is 1. The molecule has 1 aliphatic heterocycles. The van der Waals surface area contributed by atoms with Crippen molar-refractivity contribution >= 4 is 15.9 Å². The van der Waals surface area contributed by atoms with Gasteiger partial charge < -0.3 is 9.84 Å². The fourth-order valence-corrected chi connectivity index (χ4v) is 4.53. The highest BCUT2D eigenvalue weighted by Crippen LogP contribution is 2.45. The molecule has 2 atom stereocenters. The Morgan fingerprint density at radius 1 is 1.29 bits per heavy atom. The van der Waals surface area contributed by atoms with Crippen molar-refractivity contribution in [2.24, 2.45) is 5.92 Å². The molecule has 1 spiro atoms. The number of benzene rings is 1. The molecular weight excluding hydrogens is 328 g/mol. The molecule has 2 unspecified atom stereocenters. The van der Waals surface area contributed by atoms with E-state index in [0.717, 1.165) is 29.5 Å². The van der Waals surface area contributed by atoms with Gasteiger partial charge >= 0.3 is 0 Å². The summed E-state index contributed by atoms with van der Waals surface area (Å²) in [6.45, 7) is 2.87. The lowest BCUT2D eigenvalue weighted by Gasteiger charge is -2.44. The van der Waals surface area contributed by atoms with E-state index in [9.17, 15) is 5.11 Å². The lowest BCUT2D eigenvalue weighted by atomic mass is 9.74. The maximum Gasteiger partial charge on any atom is 0.0831 e. The van der Waals surface area contributed by atoms with Crippen LogP contribution in [-0.4, -0.2) is 17.3 Å². The lowest BCUT2D eigenvalue weighted by Crippen LogP contribution is -2.42. The van der Waals surface area contributed by atoms with Gasteiger partial charge in [-0.15, -0.1) is 0 Å². The molecule has 1 aromatic rings. The zero-order valence-corrected chi connectivity index (χ0v) is 14.4. The molecule has 1 saturated heterocycles. The summed E-state index contributed by atoms with van der Waals surface area (Å²) in [5.41, 5.74) is 2.28. The van der Waals surface area contributed by atoms with Crippen LogP contribution >= 0.6 is 15.9 Å². The van der Waals surface area contributed by atoms with Crippen LogP contribution in [0.5, 0.6) is 0 Å². The smallest absolute Gasteiger partial charge is 0.0831 e. The number of hydrogen-bond acceptors (Lipinski definition) is 2. The molecule has 21 heavy (non-hydrogen) atoms. The van der Waals surface area contributed by atoms with Crippen LogP contribution in [-0.2, 0) is 4.74 Å². The summed E-state index contributed by atoms with van der Waals surface area (Å²) < 4.78 is 7.21. The first-order valence-corrected chi connectivity index (χ1v) is 8.98. The Morgan fingerprint density at radius 2 is 2.05 bits per heavy atom. The van der Waals surface area contributed by atoms with Crippen molar-refractivity contribution in [2.45, 2.75) is 63.6 Å². The van der Waals surface area contributed by atoms with Gasteiger partial charge in [-0.05, 0) is 49.7 Å². The SMILES string of the molecule is Cc1cccc(C(O)C2CCOC3(CCCCC3)C2)c1Br. The molecule has 0 radical (unpaired) electrons. The molecular formula is C18H25BrO2. The summed E-state index contributed by atoms with van der Waals surface area (Å²) in [5.74, 6) is 0.315. The van der Waals surface area contributed by atoms with E-state index in [-0.39, 0.29) is 11.7 Å². The van der Waals surface area contributed by atoms with E-state index < -0.39 is 0 Å². The number of halogens is 1. The third-order valence-corrected chi connectivity index (χ3v) is 6.37. The topological polar surface area (TPSA) is 29.5 Å². The maximum absolute atomic E-state index is 10.9. The zero-order chi connectivity index (χ0) is 14.9. The summed E-state index contributed by atoms with van der Waals surface area (Å²) in [6, 6.07) is 6.16. The first-order chi connectivity index (χ1) is 10.1. The van der Waals surface area contributed by atoms with E-state index in [1.807, 2.05) is 12.1 Å². The Labute approximate surface area is 136 Å². The number of rotatable bonds is 2. The van der Waals surface area contributed by atoms with Gasteiger partial charge in [0.1, 0.15) is 0 Å². The first kappa shape index (κ1) is 15.5. The van der Waals surface area contributed by atoms with Gasteiger partial charge in [-0.25, -0.2) is 0 Å². The molecule has 1 aliphatic carbocycles. The second kappa shape index (κ2) is 6.39. The van der Waals surface area contributed by atoms with Crippen molar-refractivity contribution < 1.29 is 9.84 Å². The molecule has 3 heteroatoms. The minimum absolute atomic E-state index is 0.0540. The van der Waals surface area contributed by atoms with Gasteiger partial charge in [0.15, 0.2) is 0 Å². The first-order valence-electron chi connectivity index (χ1n) is 8.18. The zero-order valence-electron chi connectivity index (χ0n) is 12.8. The molecule has 0 aromatic heterocycles. The molecule has 2 aliphatic rings. The molecule has 2 fully saturated rings. The lowest BCUT2D eigenvalue weighted by molar-refractivity contribution is -0.134. The predicted molar refractivity (Wildman–Crippen MR) is 88.3 cm³/mol. The summed E-state index contributed by atoms with van der Waals surface area (Å²) in [5, 5.41) is 10.9. The minimum Gasteiger partial charge on any atom is -0.388 e. The van der Waals surface area contributed by atoms with Crippen LogP contribution in [0.1, 0.15) is 62.2 Å². The third-order valence-electron chi connectivity index (χ3n) is 5.28. The van der Waals surface area contributed by atoms with E-state index in [2.05, 4.69) is 28.9 Å². The minimum atomic E-state index is -0.387. The Morgan fingerprint density at radius 3 is 2.81 bits per heavy atom. The van der Waals surface area contributed by atoms with E-state index >= 15 is 0 Å². The molecule has 2 nitrogen and oxygen atoms in total. The standard InChI is InChI=1S/C18H25BrO2/c1-13-6-5-7-15(16(13)19)17(20)14-8-11-21-18(12-14)9-3-2-4-10-18/h5-7,14,17,20H,2-4,8-12H2,1H3. The van der Waals surface area contributed by atoms with Crippen molar-refractivity contribution in [2.75, 3.05) is 6.61 Å². The van der Waals surface area contributed by atoms with E-state index in [1.54, 1.807) is 0 Å². The largest absolute Gasteiger partial charge is 0.388 e. The fraction of sp³-hybridized carbons (Fsp3) is 0.667. The normalized spacial score (nSPS) is 26.7. The van der Waals surface area contributed by atoms with Crippen LogP contribution in [0.3, 0.4) is 0 Å². The van der Waals surface area contributed by atoms with Crippen molar-refractivity contribution in [3.05, 3.63) is 33.8 Å². The molecule has 116 valence electrons. The van der Waals surface area contributed by atoms with Gasteiger partial charge in [-0.2, -0.15) is 0 Å². The average Bonchev–Trinajstić information content (AvgIpc) is 2.50. The molecule has 1 aromatic carbocycles. The quantitative estimate of drug-likeness (QED) is 0.818. The van der Waals surface area contributed by atoms with Crippen LogP contribution < -0.4 is 0 Å². The average molecular weight is 353 g/mol. The van der Waals surface area contributed by atoms with Crippen LogP contribution in [0.15, 0.2) is 22.7 Å². The maximum atomic E-state index is 10.9. The van der Waals surface area contributed by atoms with Gasteiger partial charge in [-0.3, -0.25) is 0 Å². The molecule has 1 heterocycles. The van der Waals surface area contributed by atoms with Crippen LogP contribution in [0, 0.1) is 12.8 Å². The second-order valence-electron chi connectivity index (χ2n) is 6.77. The van der Waals surface area contributed by atoms with E-state index in [1.165, 1.54) is 37.7 Å². The Kier molecular flexibility index (Phi) is 4.72. The summed E-state index contributed by atoms with van der Waals surface area (Å²) in [7, 11) is 0. The number of ether oxygens (including phenoxy) is 1. The molecule has 0 bridgehead atoms. The van der Waals surface area contributed by atoms with Crippen molar-refractivity contribution in [1.29, 1.82) is 0 Å². The van der Waals surface area contributed by atoms with Crippen LogP contribution in [0.25, 0.3) is 0 Å². The number of hydrogen-bond donors (Lipinski definition) is 1. The molecule has 1 N–H and O–H groups in total. The highest BCUT2D eigenvalue weighted by atomic mass is 79.9. The van der Waals surface area contributed by atoms with Crippen LogP contribution in [0.4, 0.5) is 0 Å². The Balaban J connectivity index is 1.78. The van der Waals surface area contributed by atoms with Crippen LogP contribution in [0.2, 0.25) is 0 Å². The highest BCUT2D eigenvalue weighted by molar-refractivity contribution is 9.10. The fourth-order valence-electron chi connectivity index (χ4n) is 4.03. The van der Waals surface area contributed by atoms with Crippen molar-refractivity contribution in [3.63, 3.8) is 0 Å². The van der Waals surface area contributed by atoms with Gasteiger partial charge in [0.05, 0.1) is 11.7 Å². The van der Waals surface area contributed by atoms with E-state index in [0.29, 0.717) is 5.92 Å². The molecule has 0 amide bonds. The molecule has 1 saturated carbocycles. The Bertz CT molecular complexity index is 488.